The number of hydrogen-bond acceptors (Lipinski definition) is 3. The van der Waals surface area contributed by atoms with Crippen LogP contribution in [0.1, 0.15) is 12.0 Å². The predicted molar refractivity (Wildman–Crippen MR) is 55.1 cm³/mol. The number of phenolic OH excluding ortho intramolecular Hbond substituents is 1. The van der Waals surface area contributed by atoms with E-state index in [4.69, 9.17) is 5.73 Å². The molecule has 0 aliphatic carbocycles. The molecule has 0 unspecified atom stereocenters. The van der Waals surface area contributed by atoms with E-state index in [1.54, 1.807) is 0 Å². The van der Waals surface area contributed by atoms with Crippen molar-refractivity contribution in [1.82, 2.24) is 10.2 Å². The molecule has 1 heterocycles. The molecule has 0 aliphatic heterocycles. The van der Waals surface area contributed by atoms with Gasteiger partial charge in [-0.05, 0) is 18.2 Å². The third kappa shape index (κ3) is 1.81. The van der Waals surface area contributed by atoms with Gasteiger partial charge >= 0.3 is 0 Å². The number of alkyl halides is 2. The number of nitrogens with one attached hydrogen (secondary N) is 1. The molecule has 0 radical (unpaired) electrons. The molecule has 2 aromatic rings. The van der Waals surface area contributed by atoms with Crippen LogP contribution in [0.25, 0.3) is 11.3 Å². The number of H-pyrrole nitrogens is 1. The minimum absolute atomic E-state index is 0.279. The van der Waals surface area contributed by atoms with Crippen LogP contribution in [-0.4, -0.2) is 15.3 Å². The third-order valence-electron chi connectivity index (χ3n) is 2.17. The lowest BCUT2D eigenvalue weighted by atomic mass is 10.1. The monoisotopic (exact) mass is 225 g/mol. The molecule has 0 spiro atoms. The van der Waals surface area contributed by atoms with Gasteiger partial charge in [-0.3, -0.25) is 5.10 Å². The summed E-state index contributed by atoms with van der Waals surface area (Å²) in [5, 5.41) is 15.5. The fourth-order valence-electron chi connectivity index (χ4n) is 1.38. The maximum absolute atomic E-state index is 12.5. The van der Waals surface area contributed by atoms with Gasteiger partial charge in [-0.15, -0.1) is 0 Å². The van der Waals surface area contributed by atoms with Crippen LogP contribution in [0.4, 0.5) is 14.6 Å². The van der Waals surface area contributed by atoms with Gasteiger partial charge < -0.3 is 10.8 Å². The molecule has 84 valence electrons. The van der Waals surface area contributed by atoms with Crippen LogP contribution in [-0.2, 0) is 0 Å². The highest BCUT2D eigenvalue weighted by Gasteiger charge is 2.14. The first-order valence-electron chi connectivity index (χ1n) is 4.50. The Morgan fingerprint density at radius 3 is 2.62 bits per heavy atom. The van der Waals surface area contributed by atoms with Crippen molar-refractivity contribution in [3.63, 3.8) is 0 Å². The number of aromatic hydroxyl groups is 1. The number of rotatable bonds is 2. The molecule has 0 bridgehead atoms. The number of nitrogens with two attached hydrogens (primary N) is 1. The van der Waals surface area contributed by atoms with Crippen molar-refractivity contribution in [2.75, 3.05) is 5.73 Å². The van der Waals surface area contributed by atoms with Gasteiger partial charge in [-0.1, -0.05) is 0 Å². The van der Waals surface area contributed by atoms with Crippen LogP contribution in [0.15, 0.2) is 24.3 Å². The lowest BCUT2D eigenvalue weighted by Crippen LogP contribution is -1.87. The van der Waals surface area contributed by atoms with E-state index in [-0.39, 0.29) is 5.82 Å². The molecule has 0 atom stereocenters. The zero-order chi connectivity index (χ0) is 11.7. The summed E-state index contributed by atoms with van der Waals surface area (Å²) < 4.78 is 25.0. The molecular formula is C10H9F2N3O. The summed E-state index contributed by atoms with van der Waals surface area (Å²) >= 11 is 0. The molecule has 1 aromatic carbocycles. The average Bonchev–Trinajstić information content (AvgIpc) is 2.65. The first-order valence-corrected chi connectivity index (χ1v) is 4.50. The molecule has 2 rings (SSSR count). The molecular weight excluding hydrogens is 216 g/mol. The third-order valence-corrected chi connectivity index (χ3v) is 2.17. The smallest absolute Gasteiger partial charge is 0.267 e. The fraction of sp³-hybridized carbons (Fsp3) is 0.100. The Bertz CT molecular complexity index is 511. The van der Waals surface area contributed by atoms with Gasteiger partial charge in [0.05, 0.1) is 11.3 Å². The van der Waals surface area contributed by atoms with E-state index in [0.29, 0.717) is 11.3 Å². The second-order valence-electron chi connectivity index (χ2n) is 3.28. The van der Waals surface area contributed by atoms with E-state index in [1.165, 1.54) is 24.3 Å². The highest BCUT2D eigenvalue weighted by molar-refractivity contribution is 5.64. The zero-order valence-electron chi connectivity index (χ0n) is 8.11. The minimum atomic E-state index is -2.72. The van der Waals surface area contributed by atoms with Crippen molar-refractivity contribution in [2.24, 2.45) is 0 Å². The summed E-state index contributed by atoms with van der Waals surface area (Å²) in [6.07, 6.45) is -2.72. The summed E-state index contributed by atoms with van der Waals surface area (Å²) in [7, 11) is 0. The SMILES string of the molecule is Nc1cc(-c2ccc(O)c(C(F)F)c2)[nH]n1. The van der Waals surface area contributed by atoms with Crippen LogP contribution in [0.3, 0.4) is 0 Å². The Morgan fingerprint density at radius 2 is 2.06 bits per heavy atom. The molecule has 0 fully saturated rings. The van der Waals surface area contributed by atoms with E-state index in [1.807, 2.05) is 0 Å². The first-order chi connectivity index (χ1) is 7.58. The number of halogens is 2. The molecule has 16 heavy (non-hydrogen) atoms. The Balaban J connectivity index is 2.47. The van der Waals surface area contributed by atoms with Gasteiger partial charge in [-0.25, -0.2) is 8.78 Å². The molecule has 0 saturated heterocycles. The summed E-state index contributed by atoms with van der Waals surface area (Å²) in [5.41, 5.74) is 6.02. The molecule has 1 aromatic heterocycles. The Morgan fingerprint density at radius 1 is 1.31 bits per heavy atom. The van der Waals surface area contributed by atoms with Gasteiger partial charge in [0, 0.05) is 11.6 Å². The number of aromatic nitrogens is 2. The van der Waals surface area contributed by atoms with Gasteiger partial charge in [0.1, 0.15) is 11.6 Å². The van der Waals surface area contributed by atoms with E-state index in [9.17, 15) is 13.9 Å². The number of aromatic amines is 1. The van der Waals surface area contributed by atoms with Crippen molar-refractivity contribution in [1.29, 1.82) is 0 Å². The second kappa shape index (κ2) is 3.80. The van der Waals surface area contributed by atoms with Gasteiger partial charge in [-0.2, -0.15) is 5.10 Å². The Kier molecular flexibility index (Phi) is 2.47. The van der Waals surface area contributed by atoms with Crippen molar-refractivity contribution in [2.45, 2.75) is 6.43 Å². The summed E-state index contributed by atoms with van der Waals surface area (Å²) in [4.78, 5) is 0. The van der Waals surface area contributed by atoms with Crippen molar-refractivity contribution in [3.8, 4) is 17.0 Å². The largest absolute Gasteiger partial charge is 0.507 e. The fourth-order valence-corrected chi connectivity index (χ4v) is 1.38. The Labute approximate surface area is 89.7 Å². The molecule has 4 N–H and O–H groups in total. The van der Waals surface area contributed by atoms with Gasteiger partial charge in [0.25, 0.3) is 6.43 Å². The highest BCUT2D eigenvalue weighted by Crippen LogP contribution is 2.32. The number of phenols is 1. The number of hydrogen-bond donors (Lipinski definition) is 3. The first kappa shape index (κ1) is 10.4. The quantitative estimate of drug-likeness (QED) is 0.734. The second-order valence-corrected chi connectivity index (χ2v) is 3.28. The van der Waals surface area contributed by atoms with E-state index in [0.717, 1.165) is 0 Å². The lowest BCUT2D eigenvalue weighted by Gasteiger charge is -2.05. The summed E-state index contributed by atoms with van der Waals surface area (Å²) in [6, 6.07) is 5.45. The number of anilines is 1. The van der Waals surface area contributed by atoms with Crippen LogP contribution >= 0.6 is 0 Å². The number of nitrogen functional groups attached to an aromatic ring is 1. The zero-order valence-corrected chi connectivity index (χ0v) is 8.11. The van der Waals surface area contributed by atoms with E-state index in [2.05, 4.69) is 10.2 Å². The van der Waals surface area contributed by atoms with Crippen LogP contribution < -0.4 is 5.73 Å². The number of nitrogens with zero attached hydrogens (tertiary/aromatic N) is 1. The van der Waals surface area contributed by atoms with Gasteiger partial charge in [0.2, 0.25) is 0 Å². The molecule has 0 aliphatic rings. The molecule has 0 amide bonds. The highest BCUT2D eigenvalue weighted by atomic mass is 19.3. The lowest BCUT2D eigenvalue weighted by molar-refractivity contribution is 0.147. The van der Waals surface area contributed by atoms with Gasteiger partial charge in [0.15, 0.2) is 0 Å². The minimum Gasteiger partial charge on any atom is -0.507 e. The number of benzene rings is 1. The van der Waals surface area contributed by atoms with E-state index >= 15 is 0 Å². The molecule has 0 saturated carbocycles. The van der Waals surface area contributed by atoms with Crippen LogP contribution in [0.5, 0.6) is 5.75 Å². The standard InChI is InChI=1S/C10H9F2N3O/c11-10(12)6-3-5(1-2-8(6)16)7-4-9(13)15-14-7/h1-4,10,16H,(H3,13,14,15). The van der Waals surface area contributed by atoms with Crippen LogP contribution in [0, 0.1) is 0 Å². The van der Waals surface area contributed by atoms with E-state index < -0.39 is 17.7 Å². The molecule has 4 nitrogen and oxygen atoms in total. The maximum Gasteiger partial charge on any atom is 0.267 e. The normalized spacial score (nSPS) is 10.9. The summed E-state index contributed by atoms with van der Waals surface area (Å²) in [5.74, 6) is -0.145. The van der Waals surface area contributed by atoms with Crippen LogP contribution in [0.2, 0.25) is 0 Å². The topological polar surface area (TPSA) is 74.9 Å². The Hall–Kier alpha value is -2.11. The van der Waals surface area contributed by atoms with Crippen molar-refractivity contribution >= 4 is 5.82 Å². The molecule has 6 heteroatoms. The summed E-state index contributed by atoms with van der Waals surface area (Å²) in [6.45, 7) is 0. The van der Waals surface area contributed by atoms with Crippen molar-refractivity contribution < 1.29 is 13.9 Å². The van der Waals surface area contributed by atoms with Crippen molar-refractivity contribution in [3.05, 3.63) is 29.8 Å². The maximum atomic E-state index is 12.5. The predicted octanol–water partition coefficient (Wildman–Crippen LogP) is 2.30. The average molecular weight is 225 g/mol.